The summed E-state index contributed by atoms with van der Waals surface area (Å²) in [5.74, 6) is 0.0766. The fourth-order valence-corrected chi connectivity index (χ4v) is 3.50. The SMILES string of the molecule is Cl.NCC1(NC(=O)C2COc3ccc(F)cc3C2)CCCCC1. The number of carbonyl (C=O) groups excluding carboxylic acids is 1. The summed E-state index contributed by atoms with van der Waals surface area (Å²) in [6.07, 6.45) is 5.80. The van der Waals surface area contributed by atoms with Crippen LogP contribution in [0.3, 0.4) is 0 Å². The lowest BCUT2D eigenvalue weighted by atomic mass is 9.81. The van der Waals surface area contributed by atoms with Gasteiger partial charge in [0.15, 0.2) is 0 Å². The standard InChI is InChI=1S/C17H23FN2O2.ClH/c18-14-4-5-15-12(9-14)8-13(10-22-15)16(21)20-17(11-19)6-2-1-3-7-17;/h4-5,9,13H,1-3,6-8,10-11,19H2,(H,20,21);1H. The van der Waals surface area contributed by atoms with E-state index in [2.05, 4.69) is 5.32 Å². The zero-order valence-corrected chi connectivity index (χ0v) is 14.0. The van der Waals surface area contributed by atoms with Crippen LogP contribution in [-0.4, -0.2) is 24.6 Å². The zero-order chi connectivity index (χ0) is 15.6. The topological polar surface area (TPSA) is 64.3 Å². The molecule has 128 valence electrons. The van der Waals surface area contributed by atoms with E-state index in [1.165, 1.54) is 18.6 Å². The molecular weight excluding hydrogens is 319 g/mol. The fraction of sp³-hybridized carbons (Fsp3) is 0.588. The molecule has 3 N–H and O–H groups in total. The van der Waals surface area contributed by atoms with E-state index in [-0.39, 0.29) is 35.6 Å². The van der Waals surface area contributed by atoms with Crippen molar-refractivity contribution in [2.45, 2.75) is 44.1 Å². The highest BCUT2D eigenvalue weighted by atomic mass is 35.5. The smallest absolute Gasteiger partial charge is 0.227 e. The Morgan fingerprint density at radius 3 is 2.78 bits per heavy atom. The quantitative estimate of drug-likeness (QED) is 0.887. The van der Waals surface area contributed by atoms with Crippen LogP contribution in [-0.2, 0) is 11.2 Å². The number of nitrogens with two attached hydrogens (primary N) is 1. The molecule has 1 heterocycles. The average molecular weight is 343 g/mol. The van der Waals surface area contributed by atoms with Gasteiger partial charge in [-0.1, -0.05) is 19.3 Å². The van der Waals surface area contributed by atoms with Crippen LogP contribution in [0.5, 0.6) is 5.75 Å². The van der Waals surface area contributed by atoms with Crippen molar-refractivity contribution in [3.8, 4) is 5.75 Å². The summed E-state index contributed by atoms with van der Waals surface area (Å²) in [5, 5.41) is 3.16. The number of nitrogens with one attached hydrogen (secondary N) is 1. The van der Waals surface area contributed by atoms with Crippen LogP contribution in [0.1, 0.15) is 37.7 Å². The predicted molar refractivity (Wildman–Crippen MR) is 89.4 cm³/mol. The molecule has 1 aromatic carbocycles. The van der Waals surface area contributed by atoms with Crippen molar-refractivity contribution in [2.75, 3.05) is 13.2 Å². The lowest BCUT2D eigenvalue weighted by Gasteiger charge is -2.38. The van der Waals surface area contributed by atoms with E-state index in [4.69, 9.17) is 10.5 Å². The molecule has 0 radical (unpaired) electrons. The first-order valence-corrected chi connectivity index (χ1v) is 8.05. The van der Waals surface area contributed by atoms with Gasteiger partial charge >= 0.3 is 0 Å². The van der Waals surface area contributed by atoms with Crippen molar-refractivity contribution in [1.29, 1.82) is 0 Å². The maximum Gasteiger partial charge on any atom is 0.227 e. The molecule has 1 aromatic rings. The number of benzene rings is 1. The lowest BCUT2D eigenvalue weighted by Crippen LogP contribution is -2.57. The van der Waals surface area contributed by atoms with Crippen LogP contribution in [0.2, 0.25) is 0 Å². The number of ether oxygens (including phenoxy) is 1. The van der Waals surface area contributed by atoms with E-state index < -0.39 is 0 Å². The van der Waals surface area contributed by atoms with Gasteiger partial charge in [0.25, 0.3) is 0 Å². The van der Waals surface area contributed by atoms with E-state index in [0.717, 1.165) is 31.2 Å². The maximum atomic E-state index is 13.3. The van der Waals surface area contributed by atoms with Gasteiger partial charge in [0, 0.05) is 6.54 Å². The second-order valence-corrected chi connectivity index (χ2v) is 6.50. The number of fused-ring (bicyclic) bond motifs is 1. The molecule has 1 aliphatic carbocycles. The molecule has 0 spiro atoms. The zero-order valence-electron chi connectivity index (χ0n) is 13.1. The first-order valence-electron chi connectivity index (χ1n) is 8.05. The Morgan fingerprint density at radius 2 is 2.09 bits per heavy atom. The van der Waals surface area contributed by atoms with Crippen molar-refractivity contribution < 1.29 is 13.9 Å². The van der Waals surface area contributed by atoms with Crippen LogP contribution in [0.4, 0.5) is 4.39 Å². The molecule has 1 fully saturated rings. The maximum absolute atomic E-state index is 13.3. The fourth-order valence-electron chi connectivity index (χ4n) is 3.50. The second-order valence-electron chi connectivity index (χ2n) is 6.50. The van der Waals surface area contributed by atoms with Gasteiger partial charge in [0.05, 0.1) is 11.5 Å². The molecule has 23 heavy (non-hydrogen) atoms. The molecule has 3 rings (SSSR count). The second kappa shape index (κ2) is 7.49. The summed E-state index contributed by atoms with van der Waals surface area (Å²) in [5.41, 5.74) is 6.41. The molecule has 1 amide bonds. The van der Waals surface area contributed by atoms with Crippen molar-refractivity contribution >= 4 is 18.3 Å². The van der Waals surface area contributed by atoms with Crippen LogP contribution in [0.25, 0.3) is 0 Å². The van der Waals surface area contributed by atoms with Crippen LogP contribution < -0.4 is 15.8 Å². The predicted octanol–water partition coefficient (Wildman–Crippen LogP) is 2.58. The van der Waals surface area contributed by atoms with Gasteiger partial charge in [-0.05, 0) is 43.0 Å². The largest absolute Gasteiger partial charge is 0.492 e. The first-order chi connectivity index (χ1) is 10.6. The summed E-state index contributed by atoms with van der Waals surface area (Å²) in [7, 11) is 0. The Bertz CT molecular complexity index is 562. The average Bonchev–Trinajstić information content (AvgIpc) is 2.55. The van der Waals surface area contributed by atoms with Crippen molar-refractivity contribution in [3.63, 3.8) is 0 Å². The number of amides is 1. The van der Waals surface area contributed by atoms with E-state index >= 15 is 0 Å². The molecule has 0 saturated heterocycles. The van der Waals surface area contributed by atoms with Crippen LogP contribution >= 0.6 is 12.4 Å². The molecular formula is C17H24ClFN2O2. The Morgan fingerprint density at radius 1 is 1.35 bits per heavy atom. The van der Waals surface area contributed by atoms with E-state index in [1.54, 1.807) is 6.07 Å². The minimum absolute atomic E-state index is 0. The molecule has 4 nitrogen and oxygen atoms in total. The van der Waals surface area contributed by atoms with E-state index in [0.29, 0.717) is 25.3 Å². The Hall–Kier alpha value is -1.33. The summed E-state index contributed by atoms with van der Waals surface area (Å²) in [6, 6.07) is 4.46. The first kappa shape index (κ1) is 18.0. The monoisotopic (exact) mass is 342 g/mol. The summed E-state index contributed by atoms with van der Waals surface area (Å²) < 4.78 is 18.9. The normalized spacial score (nSPS) is 22.3. The van der Waals surface area contributed by atoms with Gasteiger partial charge in [-0.2, -0.15) is 0 Å². The van der Waals surface area contributed by atoms with Crippen molar-refractivity contribution in [1.82, 2.24) is 5.32 Å². The van der Waals surface area contributed by atoms with Gasteiger partial charge in [-0.15, -0.1) is 12.4 Å². The summed E-state index contributed by atoms with van der Waals surface area (Å²) in [4.78, 5) is 12.6. The van der Waals surface area contributed by atoms with Gasteiger partial charge in [0.1, 0.15) is 18.2 Å². The lowest BCUT2D eigenvalue weighted by molar-refractivity contribution is -0.128. The third-order valence-electron chi connectivity index (χ3n) is 4.89. The third-order valence-corrected chi connectivity index (χ3v) is 4.89. The minimum atomic E-state index is -0.297. The van der Waals surface area contributed by atoms with E-state index in [9.17, 15) is 9.18 Å². The molecule has 1 aliphatic heterocycles. The molecule has 1 saturated carbocycles. The van der Waals surface area contributed by atoms with Crippen molar-refractivity contribution in [3.05, 3.63) is 29.6 Å². The molecule has 0 aromatic heterocycles. The minimum Gasteiger partial charge on any atom is -0.492 e. The van der Waals surface area contributed by atoms with Gasteiger partial charge < -0.3 is 15.8 Å². The third kappa shape index (κ3) is 3.96. The molecule has 6 heteroatoms. The molecule has 1 unspecified atom stereocenters. The summed E-state index contributed by atoms with van der Waals surface area (Å²) in [6.45, 7) is 0.808. The number of halogens is 2. The van der Waals surface area contributed by atoms with E-state index in [1.807, 2.05) is 0 Å². The summed E-state index contributed by atoms with van der Waals surface area (Å²) >= 11 is 0. The highest BCUT2D eigenvalue weighted by molar-refractivity contribution is 5.85. The number of rotatable bonds is 3. The molecule has 1 atom stereocenters. The number of hydrogen-bond donors (Lipinski definition) is 2. The highest BCUT2D eigenvalue weighted by Crippen LogP contribution is 2.30. The Kier molecular flexibility index (Phi) is 5.87. The Labute approximate surface area is 142 Å². The van der Waals surface area contributed by atoms with Gasteiger partial charge in [-0.25, -0.2) is 4.39 Å². The molecule has 0 bridgehead atoms. The van der Waals surface area contributed by atoms with Crippen LogP contribution in [0.15, 0.2) is 18.2 Å². The van der Waals surface area contributed by atoms with Crippen molar-refractivity contribution in [2.24, 2.45) is 11.7 Å². The van der Waals surface area contributed by atoms with Gasteiger partial charge in [0.2, 0.25) is 5.91 Å². The molecule has 2 aliphatic rings. The van der Waals surface area contributed by atoms with Gasteiger partial charge in [-0.3, -0.25) is 4.79 Å². The van der Waals surface area contributed by atoms with Crippen LogP contribution in [0, 0.1) is 11.7 Å². The Balaban J connectivity index is 0.00000192. The number of carbonyl (C=O) groups is 1. The highest BCUT2D eigenvalue weighted by Gasteiger charge is 2.35. The number of hydrogen-bond acceptors (Lipinski definition) is 3.